The highest BCUT2D eigenvalue weighted by Gasteiger charge is 2.15. The van der Waals surface area contributed by atoms with Crippen molar-refractivity contribution in [1.82, 2.24) is 10.4 Å². The Bertz CT molecular complexity index is 995. The minimum absolute atomic E-state index is 0.227. The Hall–Kier alpha value is -2.80. The summed E-state index contributed by atoms with van der Waals surface area (Å²) < 4.78 is 39.7. The van der Waals surface area contributed by atoms with Crippen LogP contribution in [0, 0.1) is 24.4 Å². The second-order valence-corrected chi connectivity index (χ2v) is 5.70. The van der Waals surface area contributed by atoms with E-state index in [1.54, 1.807) is 31.2 Å². The smallest absolute Gasteiger partial charge is 0.271 e. The molecular weight excluding hydrogens is 355 g/mol. The fraction of sp³-hybridized carbons (Fsp3) is 0.0588. The summed E-state index contributed by atoms with van der Waals surface area (Å²) in [6.45, 7) is 1.64. The fourth-order valence-corrected chi connectivity index (χ4v) is 2.47. The molecule has 8 heteroatoms. The van der Waals surface area contributed by atoms with Crippen molar-refractivity contribution in [2.24, 2.45) is 0 Å². The number of benzene rings is 2. The molecule has 0 fully saturated rings. The van der Waals surface area contributed by atoms with E-state index in [0.29, 0.717) is 21.6 Å². The SMILES string of the molecule is Cc1nc2ccc(Cl)cc2cc1C(=O)NNc1ccc(F)c(F)c1F. The van der Waals surface area contributed by atoms with Gasteiger partial charge in [0.15, 0.2) is 17.5 Å². The predicted octanol–water partition coefficient (Wildman–Crippen LogP) is 4.37. The molecule has 3 aromatic rings. The number of nitrogens with zero attached hydrogens (tertiary/aromatic N) is 1. The molecule has 1 aromatic heterocycles. The number of aryl methyl sites for hydroxylation is 1. The first kappa shape index (κ1) is 17.0. The maximum absolute atomic E-state index is 13.6. The normalized spacial score (nSPS) is 10.8. The Morgan fingerprint density at radius 1 is 1.08 bits per heavy atom. The zero-order valence-electron chi connectivity index (χ0n) is 12.8. The van der Waals surface area contributed by atoms with Crippen LogP contribution < -0.4 is 10.9 Å². The van der Waals surface area contributed by atoms with Gasteiger partial charge in [-0.15, -0.1) is 0 Å². The summed E-state index contributed by atoms with van der Waals surface area (Å²) in [7, 11) is 0. The Balaban J connectivity index is 1.85. The van der Waals surface area contributed by atoms with Gasteiger partial charge in [-0.1, -0.05) is 11.6 Å². The summed E-state index contributed by atoms with van der Waals surface area (Å²) in [4.78, 5) is 16.6. The molecule has 0 bridgehead atoms. The maximum Gasteiger partial charge on any atom is 0.271 e. The van der Waals surface area contributed by atoms with Crippen molar-refractivity contribution in [3.05, 3.63) is 70.1 Å². The van der Waals surface area contributed by atoms with E-state index in [0.717, 1.165) is 12.1 Å². The number of carbonyl (C=O) groups excluding carboxylic acids is 1. The number of halogens is 4. The number of hydrazine groups is 1. The molecule has 128 valence electrons. The third-order valence-electron chi connectivity index (χ3n) is 3.56. The maximum atomic E-state index is 13.6. The molecule has 0 unspecified atom stereocenters. The van der Waals surface area contributed by atoms with Gasteiger partial charge in [-0.2, -0.15) is 0 Å². The van der Waals surface area contributed by atoms with Crippen LogP contribution >= 0.6 is 11.6 Å². The molecule has 0 saturated heterocycles. The molecule has 0 aliphatic heterocycles. The van der Waals surface area contributed by atoms with E-state index in [2.05, 4.69) is 15.8 Å². The largest absolute Gasteiger partial charge is 0.295 e. The third kappa shape index (κ3) is 3.36. The Morgan fingerprint density at radius 2 is 1.84 bits per heavy atom. The Labute approximate surface area is 145 Å². The molecule has 0 aliphatic rings. The molecule has 1 heterocycles. The van der Waals surface area contributed by atoms with Crippen LogP contribution in [0.1, 0.15) is 16.1 Å². The number of amides is 1. The van der Waals surface area contributed by atoms with Gasteiger partial charge in [-0.25, -0.2) is 13.2 Å². The van der Waals surface area contributed by atoms with Crippen LogP contribution in [0.4, 0.5) is 18.9 Å². The van der Waals surface area contributed by atoms with Crippen LogP contribution in [0.2, 0.25) is 5.02 Å². The summed E-state index contributed by atoms with van der Waals surface area (Å²) in [5.41, 5.74) is 5.40. The molecule has 25 heavy (non-hydrogen) atoms. The Morgan fingerprint density at radius 3 is 2.60 bits per heavy atom. The van der Waals surface area contributed by atoms with Crippen LogP contribution in [0.15, 0.2) is 36.4 Å². The van der Waals surface area contributed by atoms with E-state index < -0.39 is 29.0 Å². The molecular formula is C17H11ClF3N3O. The van der Waals surface area contributed by atoms with Gasteiger partial charge in [0.05, 0.1) is 22.5 Å². The average molecular weight is 366 g/mol. The molecule has 3 rings (SSSR count). The van der Waals surface area contributed by atoms with Crippen molar-refractivity contribution in [2.45, 2.75) is 6.92 Å². The first-order valence-corrected chi connectivity index (χ1v) is 7.51. The van der Waals surface area contributed by atoms with Crippen molar-refractivity contribution in [3.8, 4) is 0 Å². The number of pyridine rings is 1. The van der Waals surface area contributed by atoms with Gasteiger partial charge >= 0.3 is 0 Å². The minimum atomic E-state index is -1.63. The number of carbonyl (C=O) groups is 1. The first-order chi connectivity index (χ1) is 11.9. The quantitative estimate of drug-likeness (QED) is 0.535. The van der Waals surface area contributed by atoms with Crippen molar-refractivity contribution in [1.29, 1.82) is 0 Å². The van der Waals surface area contributed by atoms with E-state index in [4.69, 9.17) is 11.6 Å². The lowest BCUT2D eigenvalue weighted by Gasteiger charge is -2.12. The van der Waals surface area contributed by atoms with Crippen LogP contribution in [-0.4, -0.2) is 10.9 Å². The van der Waals surface area contributed by atoms with E-state index in [-0.39, 0.29) is 5.56 Å². The highest BCUT2D eigenvalue weighted by atomic mass is 35.5. The van der Waals surface area contributed by atoms with Crippen LogP contribution in [0.3, 0.4) is 0 Å². The predicted molar refractivity (Wildman–Crippen MR) is 88.9 cm³/mol. The highest BCUT2D eigenvalue weighted by Crippen LogP contribution is 2.21. The average Bonchev–Trinajstić information content (AvgIpc) is 2.58. The molecule has 0 spiro atoms. The fourth-order valence-electron chi connectivity index (χ4n) is 2.29. The molecule has 2 N–H and O–H groups in total. The lowest BCUT2D eigenvalue weighted by molar-refractivity contribution is 0.0961. The Kier molecular flexibility index (Phi) is 4.50. The summed E-state index contributed by atoms with van der Waals surface area (Å²) in [6.07, 6.45) is 0. The lowest BCUT2D eigenvalue weighted by atomic mass is 10.1. The highest BCUT2D eigenvalue weighted by molar-refractivity contribution is 6.31. The second kappa shape index (κ2) is 6.60. The van der Waals surface area contributed by atoms with Gasteiger partial charge in [-0.3, -0.25) is 20.6 Å². The monoisotopic (exact) mass is 365 g/mol. The van der Waals surface area contributed by atoms with Gasteiger partial charge in [0.25, 0.3) is 5.91 Å². The number of aromatic nitrogens is 1. The second-order valence-electron chi connectivity index (χ2n) is 5.26. The molecule has 1 amide bonds. The number of rotatable bonds is 3. The molecule has 0 radical (unpaired) electrons. The molecule has 0 saturated carbocycles. The van der Waals surface area contributed by atoms with Gasteiger partial charge in [0.1, 0.15) is 0 Å². The topological polar surface area (TPSA) is 54.0 Å². The van der Waals surface area contributed by atoms with E-state index in [1.807, 2.05) is 0 Å². The summed E-state index contributed by atoms with van der Waals surface area (Å²) in [6, 6.07) is 8.37. The van der Waals surface area contributed by atoms with Crippen molar-refractivity contribution in [2.75, 3.05) is 5.43 Å². The molecule has 0 aliphatic carbocycles. The van der Waals surface area contributed by atoms with Crippen molar-refractivity contribution in [3.63, 3.8) is 0 Å². The molecule has 2 aromatic carbocycles. The van der Waals surface area contributed by atoms with Crippen molar-refractivity contribution < 1.29 is 18.0 Å². The first-order valence-electron chi connectivity index (χ1n) is 7.13. The van der Waals surface area contributed by atoms with Crippen LogP contribution in [-0.2, 0) is 0 Å². The van der Waals surface area contributed by atoms with E-state index in [9.17, 15) is 18.0 Å². The summed E-state index contributed by atoms with van der Waals surface area (Å²) >= 11 is 5.93. The zero-order chi connectivity index (χ0) is 18.1. The number of anilines is 1. The number of hydrogen-bond donors (Lipinski definition) is 2. The third-order valence-corrected chi connectivity index (χ3v) is 3.79. The van der Waals surface area contributed by atoms with E-state index in [1.165, 1.54) is 0 Å². The van der Waals surface area contributed by atoms with Crippen molar-refractivity contribution >= 4 is 34.1 Å². The lowest BCUT2D eigenvalue weighted by Crippen LogP contribution is -2.30. The number of fused-ring (bicyclic) bond motifs is 1. The molecule has 4 nitrogen and oxygen atoms in total. The van der Waals surface area contributed by atoms with Gasteiger partial charge in [0.2, 0.25) is 0 Å². The summed E-state index contributed by atoms with van der Waals surface area (Å²) in [5, 5.41) is 1.15. The number of hydrogen-bond acceptors (Lipinski definition) is 3. The standard InChI is InChI=1S/C17H11ClF3N3O/c1-8-11(7-9-6-10(18)2-4-13(9)22-8)17(25)24-23-14-5-3-12(19)15(20)16(14)21/h2-7,23H,1H3,(H,24,25). The minimum Gasteiger partial charge on any atom is -0.295 e. The molecule has 0 atom stereocenters. The van der Waals surface area contributed by atoms with Crippen LogP contribution in [0.25, 0.3) is 10.9 Å². The van der Waals surface area contributed by atoms with E-state index >= 15 is 0 Å². The number of nitrogens with one attached hydrogen (secondary N) is 2. The summed E-state index contributed by atoms with van der Waals surface area (Å²) in [5.74, 6) is -4.99. The zero-order valence-corrected chi connectivity index (χ0v) is 13.6. The van der Waals surface area contributed by atoms with Gasteiger partial charge in [0, 0.05) is 10.4 Å². The van der Waals surface area contributed by atoms with Gasteiger partial charge < -0.3 is 0 Å². The van der Waals surface area contributed by atoms with Gasteiger partial charge in [-0.05, 0) is 43.3 Å². The van der Waals surface area contributed by atoms with Crippen LogP contribution in [0.5, 0.6) is 0 Å².